The van der Waals surface area contributed by atoms with Crippen LogP contribution >= 0.6 is 12.6 Å². The fraction of sp³-hybridized carbons (Fsp3) is 0.467. The summed E-state index contributed by atoms with van der Waals surface area (Å²) in [5.74, 6) is 0. The molecule has 0 saturated carbocycles. The van der Waals surface area contributed by atoms with Gasteiger partial charge < -0.3 is 40.1 Å². The van der Waals surface area contributed by atoms with Gasteiger partial charge in [-0.15, -0.1) is 22.8 Å². The molecule has 6 N–H and O–H groups in total. The maximum absolute atomic E-state index is 11.8. The Morgan fingerprint density at radius 3 is 1.73 bits per heavy atom. The number of nitrogens with zero attached hydrogens (tertiary/aromatic N) is 6. The van der Waals surface area contributed by atoms with Crippen LogP contribution in [0.2, 0.25) is 0 Å². The van der Waals surface area contributed by atoms with E-state index in [4.69, 9.17) is 22.1 Å². The van der Waals surface area contributed by atoms with Crippen LogP contribution in [-0.2, 0) is 9.47 Å². The van der Waals surface area contributed by atoms with Crippen LogP contribution in [0.1, 0.15) is 23.2 Å². The van der Waals surface area contributed by atoms with Crippen LogP contribution < -0.4 is 0 Å². The summed E-state index contributed by atoms with van der Waals surface area (Å²) in [6.45, 7) is 2.50. The first kappa shape index (κ1) is 31.7. The number of aliphatic hydroxyl groups is 6. The van der Waals surface area contributed by atoms with Crippen LogP contribution in [0, 0.1) is 13.8 Å². The summed E-state index contributed by atoms with van der Waals surface area (Å²) in [7, 11) is 0. The first-order valence-corrected chi connectivity index (χ1v) is 15.0. The predicted molar refractivity (Wildman–Crippen MR) is 162 cm³/mol. The van der Waals surface area contributed by atoms with Gasteiger partial charge >= 0.3 is 0 Å². The van der Waals surface area contributed by atoms with E-state index in [9.17, 15) is 30.6 Å². The third-order valence-corrected chi connectivity index (χ3v) is 9.40. The van der Waals surface area contributed by atoms with Crippen molar-refractivity contribution in [3.05, 3.63) is 72.1 Å². The van der Waals surface area contributed by atoms with Crippen LogP contribution in [0.3, 0.4) is 0 Å². The summed E-state index contributed by atoms with van der Waals surface area (Å²) in [5.41, 5.74) is 4.44. The number of aryl methyl sites for hydroxylation is 2. The standard InChI is InChI=1S/C30H36N6O8S/c1-15-7-3-5-9-17(15)19-11-35(33-31-19)23-25(39)21(13-37)43-29(27(23)41)30(45)28(42)24(26(40)22(14-38)44-30)36-12-20(32-34-36)18-10-6-4-8-16(18)2/h3-12,21-29,37-42,45H,13-14H2,1-2H3/t21?,22?,23-,24-,25-,26-,27?,28?,29?,30?/m0/s1. The van der Waals surface area contributed by atoms with Gasteiger partial charge in [0.25, 0.3) is 0 Å². The van der Waals surface area contributed by atoms with Crippen LogP contribution in [0.5, 0.6) is 0 Å². The minimum Gasteiger partial charge on any atom is -0.394 e. The average molecular weight is 641 g/mol. The topological polar surface area (TPSA) is 201 Å². The summed E-state index contributed by atoms with van der Waals surface area (Å²) in [4.78, 5) is -2.10. The Morgan fingerprint density at radius 1 is 0.733 bits per heavy atom. The third kappa shape index (κ3) is 5.47. The maximum Gasteiger partial charge on any atom is 0.168 e. The molecule has 14 nitrogen and oxygen atoms in total. The fourth-order valence-corrected chi connectivity index (χ4v) is 6.79. The van der Waals surface area contributed by atoms with Crippen molar-refractivity contribution >= 4 is 12.6 Å². The lowest BCUT2D eigenvalue weighted by molar-refractivity contribution is -0.297. The van der Waals surface area contributed by atoms with Crippen LogP contribution in [-0.4, -0.2) is 122 Å². The Labute approximate surface area is 263 Å². The van der Waals surface area contributed by atoms with Gasteiger partial charge in [-0.25, -0.2) is 9.36 Å². The Morgan fingerprint density at radius 2 is 1.22 bits per heavy atom. The summed E-state index contributed by atoms with van der Waals surface area (Å²) >= 11 is 4.69. The normalized spacial score (nSPS) is 33.8. The lowest BCUT2D eigenvalue weighted by Crippen LogP contribution is -2.70. The summed E-state index contributed by atoms with van der Waals surface area (Å²) in [5, 5.41) is 83.1. The zero-order valence-corrected chi connectivity index (χ0v) is 25.4. The van der Waals surface area contributed by atoms with Crippen LogP contribution in [0.4, 0.5) is 0 Å². The van der Waals surface area contributed by atoms with Gasteiger partial charge in [0.05, 0.1) is 25.6 Å². The van der Waals surface area contributed by atoms with Gasteiger partial charge in [0, 0.05) is 11.1 Å². The molecule has 240 valence electrons. The largest absolute Gasteiger partial charge is 0.394 e. The SMILES string of the molecule is Cc1ccccc1-c1cn([C@@H]2C(O)C(C3(S)OC(CO)[C@H](O)[C@H](n4cc(-c5ccccc5C)nn4)C3O)OC(CO)[C@@H]2O)nn1. The molecule has 2 fully saturated rings. The smallest absolute Gasteiger partial charge is 0.168 e. The van der Waals surface area contributed by atoms with Crippen molar-refractivity contribution in [3.63, 3.8) is 0 Å². The molecule has 6 unspecified atom stereocenters. The number of benzene rings is 2. The first-order chi connectivity index (χ1) is 21.6. The monoisotopic (exact) mass is 640 g/mol. The molecule has 6 rings (SSSR count). The Balaban J connectivity index is 1.36. The molecule has 15 heteroatoms. The van der Waals surface area contributed by atoms with E-state index >= 15 is 0 Å². The number of ether oxygens (including phenoxy) is 2. The molecule has 2 aromatic heterocycles. The molecule has 0 amide bonds. The molecule has 2 aromatic carbocycles. The average Bonchev–Trinajstić information content (AvgIpc) is 3.71. The molecular weight excluding hydrogens is 604 g/mol. The van der Waals surface area contributed by atoms with E-state index in [-0.39, 0.29) is 0 Å². The maximum atomic E-state index is 11.8. The summed E-state index contributed by atoms with van der Waals surface area (Å²) < 4.78 is 14.5. The minimum absolute atomic E-state index is 0.484. The lowest BCUT2D eigenvalue weighted by Gasteiger charge is -2.54. The van der Waals surface area contributed by atoms with E-state index in [2.05, 4.69) is 20.6 Å². The summed E-state index contributed by atoms with van der Waals surface area (Å²) in [6, 6.07) is 12.6. The quantitative estimate of drug-likeness (QED) is 0.132. The van der Waals surface area contributed by atoms with Crippen LogP contribution in [0.25, 0.3) is 22.5 Å². The van der Waals surface area contributed by atoms with Crippen LogP contribution in [0.15, 0.2) is 60.9 Å². The highest BCUT2D eigenvalue weighted by molar-refractivity contribution is 7.81. The Bertz CT molecular complexity index is 1640. The van der Waals surface area contributed by atoms with Crippen molar-refractivity contribution in [2.24, 2.45) is 0 Å². The first-order valence-electron chi connectivity index (χ1n) is 14.5. The number of hydrogen-bond donors (Lipinski definition) is 7. The van der Waals surface area contributed by atoms with E-state index in [0.29, 0.717) is 11.4 Å². The van der Waals surface area contributed by atoms with Crippen molar-refractivity contribution in [3.8, 4) is 22.5 Å². The Hall–Kier alpha value is -3.25. The van der Waals surface area contributed by atoms with Gasteiger partial charge in [-0.1, -0.05) is 59.0 Å². The predicted octanol–water partition coefficient (Wildman–Crippen LogP) is -0.177. The van der Waals surface area contributed by atoms with Gasteiger partial charge in [0.1, 0.15) is 66.2 Å². The number of rotatable bonds is 7. The second-order valence-electron chi connectivity index (χ2n) is 11.6. The van der Waals surface area contributed by atoms with E-state index < -0.39 is 73.0 Å². The third-order valence-electron chi connectivity index (χ3n) is 8.77. The highest BCUT2D eigenvalue weighted by Gasteiger charge is 2.62. The number of aromatic nitrogens is 6. The van der Waals surface area contributed by atoms with Gasteiger partial charge in [0.2, 0.25) is 0 Å². The number of hydrogen-bond acceptors (Lipinski definition) is 13. The van der Waals surface area contributed by atoms with E-state index in [1.165, 1.54) is 9.36 Å². The minimum atomic E-state index is -2.10. The molecule has 0 bridgehead atoms. The van der Waals surface area contributed by atoms with E-state index in [0.717, 1.165) is 22.3 Å². The molecule has 0 aliphatic carbocycles. The van der Waals surface area contributed by atoms with Crippen molar-refractivity contribution in [1.82, 2.24) is 30.0 Å². The molecule has 0 radical (unpaired) electrons. The highest BCUT2D eigenvalue weighted by atomic mass is 32.1. The van der Waals surface area contributed by atoms with Gasteiger partial charge in [-0.3, -0.25) is 0 Å². The van der Waals surface area contributed by atoms with Crippen molar-refractivity contribution < 1.29 is 40.1 Å². The molecule has 0 spiro atoms. The molecule has 4 heterocycles. The van der Waals surface area contributed by atoms with Crippen molar-refractivity contribution in [2.75, 3.05) is 13.2 Å². The fourth-order valence-electron chi connectivity index (χ4n) is 6.28. The van der Waals surface area contributed by atoms with E-state index in [1.807, 2.05) is 62.4 Å². The van der Waals surface area contributed by atoms with Gasteiger partial charge in [-0.05, 0) is 25.0 Å². The second-order valence-corrected chi connectivity index (χ2v) is 12.3. The number of aliphatic hydroxyl groups excluding tert-OH is 6. The van der Waals surface area contributed by atoms with Crippen molar-refractivity contribution in [2.45, 2.75) is 73.6 Å². The van der Waals surface area contributed by atoms with Gasteiger partial charge in [0.15, 0.2) is 4.93 Å². The molecular formula is C30H36N6O8S. The molecule has 2 aliphatic rings. The molecule has 45 heavy (non-hydrogen) atoms. The molecule has 2 aliphatic heterocycles. The lowest BCUT2D eigenvalue weighted by atomic mass is 9.83. The highest BCUT2D eigenvalue weighted by Crippen LogP contribution is 2.47. The molecule has 10 atom stereocenters. The van der Waals surface area contributed by atoms with E-state index in [1.54, 1.807) is 12.4 Å². The van der Waals surface area contributed by atoms with Gasteiger partial charge in [-0.2, -0.15) is 0 Å². The van der Waals surface area contributed by atoms with Crippen molar-refractivity contribution in [1.29, 1.82) is 0 Å². The molecule has 4 aromatic rings. The second kappa shape index (κ2) is 12.5. The molecule has 2 saturated heterocycles. The Kier molecular flexibility index (Phi) is 8.82. The zero-order valence-electron chi connectivity index (χ0n) is 24.5. The zero-order chi connectivity index (χ0) is 32.0. The number of thiol groups is 1. The summed E-state index contributed by atoms with van der Waals surface area (Å²) in [6.07, 6.45) is -7.22.